The number of rotatable bonds is 9. The van der Waals surface area contributed by atoms with Gasteiger partial charge in [-0.05, 0) is 62.9 Å². The van der Waals surface area contributed by atoms with Gasteiger partial charge in [-0.3, -0.25) is 13.9 Å². The molecular weight excluding hydrogens is 521 g/mol. The van der Waals surface area contributed by atoms with E-state index in [1.807, 2.05) is 19.1 Å². The Morgan fingerprint density at radius 3 is 2.28 bits per heavy atom. The molecule has 3 rings (SSSR count). The quantitative estimate of drug-likeness (QED) is 0.480. The van der Waals surface area contributed by atoms with Gasteiger partial charge in [0.05, 0.1) is 11.9 Å². The zero-order valence-corrected chi connectivity index (χ0v) is 23.4. The highest BCUT2D eigenvalue weighted by atomic mass is 35.5. The summed E-state index contributed by atoms with van der Waals surface area (Å²) in [6, 6.07) is 9.64. The van der Waals surface area contributed by atoms with Gasteiger partial charge in [-0.15, -0.1) is 0 Å². The standard InChI is InChI=1S/C26H33Cl2N3O4S/c1-17-12-13-18(2)24(14-17)31(36(4,34)35)16-25(32)30(15-21-22(27)10-7-11-23(21)28)19(3)26(33)29-20-8-5-6-9-20/h7,10-14,19-20H,5-6,8-9,15-16H2,1-4H3,(H,29,33). The van der Waals surface area contributed by atoms with Crippen molar-refractivity contribution in [3.8, 4) is 0 Å². The molecule has 1 aliphatic carbocycles. The van der Waals surface area contributed by atoms with E-state index >= 15 is 0 Å². The molecule has 0 aliphatic heterocycles. The summed E-state index contributed by atoms with van der Waals surface area (Å²) in [5, 5.41) is 3.75. The van der Waals surface area contributed by atoms with E-state index in [4.69, 9.17) is 23.2 Å². The van der Waals surface area contributed by atoms with E-state index in [1.54, 1.807) is 38.1 Å². The summed E-state index contributed by atoms with van der Waals surface area (Å²) in [6.45, 7) is 4.77. The number of hydrogen-bond donors (Lipinski definition) is 1. The Hall–Kier alpha value is -2.29. The summed E-state index contributed by atoms with van der Waals surface area (Å²) >= 11 is 12.8. The fourth-order valence-corrected chi connectivity index (χ4v) is 5.83. The van der Waals surface area contributed by atoms with Crippen molar-refractivity contribution < 1.29 is 18.0 Å². The molecule has 2 amide bonds. The van der Waals surface area contributed by atoms with E-state index in [2.05, 4.69) is 5.32 Å². The minimum atomic E-state index is -3.81. The van der Waals surface area contributed by atoms with E-state index in [9.17, 15) is 18.0 Å². The van der Waals surface area contributed by atoms with Crippen molar-refractivity contribution in [1.29, 1.82) is 0 Å². The highest BCUT2D eigenvalue weighted by Gasteiger charge is 2.32. The van der Waals surface area contributed by atoms with Crippen molar-refractivity contribution in [3.05, 3.63) is 63.1 Å². The van der Waals surface area contributed by atoms with Gasteiger partial charge in [0.25, 0.3) is 0 Å². The van der Waals surface area contributed by atoms with Gasteiger partial charge in [0, 0.05) is 28.2 Å². The second-order valence-corrected chi connectivity index (χ2v) is 12.2. The molecule has 10 heteroatoms. The molecule has 0 bridgehead atoms. The van der Waals surface area contributed by atoms with E-state index in [-0.39, 0.29) is 18.5 Å². The van der Waals surface area contributed by atoms with Crippen LogP contribution in [0, 0.1) is 13.8 Å². The van der Waals surface area contributed by atoms with Crippen LogP contribution in [0.5, 0.6) is 0 Å². The van der Waals surface area contributed by atoms with Gasteiger partial charge in [-0.1, -0.05) is 54.2 Å². The molecule has 0 saturated heterocycles. The summed E-state index contributed by atoms with van der Waals surface area (Å²) < 4.78 is 26.7. The van der Waals surface area contributed by atoms with Crippen LogP contribution in [0.4, 0.5) is 5.69 Å². The Bertz CT molecular complexity index is 1210. The van der Waals surface area contributed by atoms with Crippen LogP contribution < -0.4 is 9.62 Å². The molecule has 0 heterocycles. The summed E-state index contributed by atoms with van der Waals surface area (Å²) in [5.74, 6) is -0.831. The fraction of sp³-hybridized carbons (Fsp3) is 0.462. The lowest BCUT2D eigenvalue weighted by atomic mass is 10.1. The lowest BCUT2D eigenvalue weighted by Crippen LogP contribution is -2.52. The number of sulfonamides is 1. The summed E-state index contributed by atoms with van der Waals surface area (Å²) in [4.78, 5) is 28.2. The van der Waals surface area contributed by atoms with Crippen molar-refractivity contribution in [2.45, 2.75) is 65.1 Å². The average molecular weight is 555 g/mol. The van der Waals surface area contributed by atoms with Crippen molar-refractivity contribution in [2.75, 3.05) is 17.1 Å². The number of nitrogens with one attached hydrogen (secondary N) is 1. The molecule has 1 unspecified atom stereocenters. The van der Waals surface area contributed by atoms with Gasteiger partial charge in [-0.2, -0.15) is 0 Å². The Morgan fingerprint density at radius 1 is 1.08 bits per heavy atom. The number of amides is 2. The van der Waals surface area contributed by atoms with Crippen molar-refractivity contribution in [2.24, 2.45) is 0 Å². The Morgan fingerprint density at radius 2 is 1.69 bits per heavy atom. The number of carbonyl (C=O) groups is 2. The Kier molecular flexibility index (Phi) is 9.30. The highest BCUT2D eigenvalue weighted by molar-refractivity contribution is 7.92. The number of hydrogen-bond acceptors (Lipinski definition) is 4. The molecule has 1 atom stereocenters. The molecule has 0 aromatic heterocycles. The average Bonchev–Trinajstić information content (AvgIpc) is 3.31. The predicted molar refractivity (Wildman–Crippen MR) is 145 cm³/mol. The summed E-state index contributed by atoms with van der Waals surface area (Å²) in [7, 11) is -3.81. The van der Waals surface area contributed by atoms with Gasteiger partial charge in [-0.25, -0.2) is 8.42 Å². The van der Waals surface area contributed by atoms with Crippen LogP contribution in [-0.2, 0) is 26.2 Å². The third kappa shape index (κ3) is 6.93. The van der Waals surface area contributed by atoms with Gasteiger partial charge in [0.15, 0.2) is 0 Å². The van der Waals surface area contributed by atoms with E-state index < -0.39 is 28.5 Å². The molecule has 7 nitrogen and oxygen atoms in total. The normalized spacial score (nSPS) is 14.9. The first kappa shape index (κ1) is 28.3. The SMILES string of the molecule is Cc1ccc(C)c(N(CC(=O)N(Cc2c(Cl)cccc2Cl)C(C)C(=O)NC2CCCC2)S(C)(=O)=O)c1. The lowest BCUT2D eigenvalue weighted by Gasteiger charge is -2.33. The minimum absolute atomic E-state index is 0.0407. The maximum absolute atomic E-state index is 13.7. The molecule has 2 aromatic carbocycles. The molecule has 0 spiro atoms. The largest absolute Gasteiger partial charge is 0.352 e. The first-order valence-electron chi connectivity index (χ1n) is 12.0. The van der Waals surface area contributed by atoms with Gasteiger partial charge < -0.3 is 10.2 Å². The van der Waals surface area contributed by atoms with Gasteiger partial charge >= 0.3 is 0 Å². The maximum atomic E-state index is 13.7. The second-order valence-electron chi connectivity index (χ2n) is 9.45. The van der Waals surface area contributed by atoms with E-state index in [1.165, 1.54) is 4.90 Å². The number of anilines is 1. The maximum Gasteiger partial charge on any atom is 0.244 e. The Balaban J connectivity index is 1.96. The molecule has 196 valence electrons. The van der Waals surface area contributed by atoms with Crippen LogP contribution >= 0.6 is 23.2 Å². The molecule has 2 aromatic rings. The molecule has 1 N–H and O–H groups in total. The van der Waals surface area contributed by atoms with Crippen molar-refractivity contribution >= 4 is 50.7 Å². The fourth-order valence-electron chi connectivity index (χ4n) is 4.41. The lowest BCUT2D eigenvalue weighted by molar-refractivity contribution is -0.139. The van der Waals surface area contributed by atoms with E-state index in [0.717, 1.165) is 41.8 Å². The van der Waals surface area contributed by atoms with E-state index in [0.29, 0.717) is 26.9 Å². The molecule has 36 heavy (non-hydrogen) atoms. The van der Waals surface area contributed by atoms with Gasteiger partial charge in [0.1, 0.15) is 12.6 Å². The molecule has 1 fully saturated rings. The van der Waals surface area contributed by atoms with Crippen LogP contribution in [0.1, 0.15) is 49.3 Å². The first-order valence-corrected chi connectivity index (χ1v) is 14.6. The predicted octanol–water partition coefficient (Wildman–Crippen LogP) is 4.85. The zero-order chi connectivity index (χ0) is 26.6. The smallest absolute Gasteiger partial charge is 0.244 e. The summed E-state index contributed by atoms with van der Waals surface area (Å²) in [5.41, 5.74) is 2.49. The van der Waals surface area contributed by atoms with Crippen LogP contribution in [0.15, 0.2) is 36.4 Å². The number of aryl methyl sites for hydroxylation is 2. The van der Waals surface area contributed by atoms with Crippen LogP contribution in [0.2, 0.25) is 10.0 Å². The number of carbonyl (C=O) groups excluding carboxylic acids is 2. The minimum Gasteiger partial charge on any atom is -0.352 e. The number of halogens is 2. The first-order chi connectivity index (χ1) is 16.9. The molecule has 1 saturated carbocycles. The number of benzene rings is 2. The van der Waals surface area contributed by atoms with Crippen LogP contribution in [0.3, 0.4) is 0 Å². The monoisotopic (exact) mass is 553 g/mol. The van der Waals surface area contributed by atoms with Crippen LogP contribution in [-0.4, -0.2) is 50.0 Å². The third-order valence-electron chi connectivity index (χ3n) is 6.57. The Labute approximate surface area is 223 Å². The number of nitrogens with zero attached hydrogens (tertiary/aromatic N) is 2. The van der Waals surface area contributed by atoms with Gasteiger partial charge in [0.2, 0.25) is 21.8 Å². The second kappa shape index (κ2) is 11.8. The van der Waals surface area contributed by atoms with Crippen LogP contribution in [0.25, 0.3) is 0 Å². The topological polar surface area (TPSA) is 86.8 Å². The zero-order valence-electron chi connectivity index (χ0n) is 21.1. The molecule has 1 aliphatic rings. The van der Waals surface area contributed by atoms with Crippen molar-refractivity contribution in [3.63, 3.8) is 0 Å². The molecule has 0 radical (unpaired) electrons. The van der Waals surface area contributed by atoms with Crippen molar-refractivity contribution in [1.82, 2.24) is 10.2 Å². The third-order valence-corrected chi connectivity index (χ3v) is 8.41. The summed E-state index contributed by atoms with van der Waals surface area (Å²) in [6.07, 6.45) is 4.97. The molecular formula is C26H33Cl2N3O4S. The highest BCUT2D eigenvalue weighted by Crippen LogP contribution is 2.28.